The van der Waals surface area contributed by atoms with E-state index in [4.69, 9.17) is 9.84 Å². The summed E-state index contributed by atoms with van der Waals surface area (Å²) in [5, 5.41) is 14.8. The van der Waals surface area contributed by atoms with Crippen LogP contribution in [0.4, 0.5) is 4.79 Å². The molecule has 2 aromatic carbocycles. The number of carbonyl (C=O) groups is 3. The molecule has 4 rings (SSSR count). The molecule has 184 valence electrons. The van der Waals surface area contributed by atoms with Crippen molar-refractivity contribution < 1.29 is 24.2 Å². The van der Waals surface area contributed by atoms with Crippen LogP contribution in [-0.4, -0.2) is 41.8 Å². The van der Waals surface area contributed by atoms with Crippen LogP contribution in [0.1, 0.15) is 56.1 Å². The number of carbonyl (C=O) groups excluding carboxylic acids is 2. The van der Waals surface area contributed by atoms with Crippen LogP contribution in [0.5, 0.6) is 0 Å². The summed E-state index contributed by atoms with van der Waals surface area (Å²) in [4.78, 5) is 36.5. The van der Waals surface area contributed by atoms with E-state index in [9.17, 15) is 14.4 Å². The highest BCUT2D eigenvalue weighted by atomic mass is 16.5. The maximum atomic E-state index is 12.7. The lowest BCUT2D eigenvalue weighted by molar-refractivity contribution is -0.138. The molecule has 7 nitrogen and oxygen atoms in total. The van der Waals surface area contributed by atoms with Crippen molar-refractivity contribution in [3.63, 3.8) is 0 Å². The second-order valence-electron chi connectivity index (χ2n) is 9.26. The van der Waals surface area contributed by atoms with Gasteiger partial charge < -0.3 is 20.5 Å². The van der Waals surface area contributed by atoms with Gasteiger partial charge in [-0.1, -0.05) is 74.0 Å². The number of fused-ring (bicyclic) bond motifs is 3. The maximum Gasteiger partial charge on any atom is 0.407 e. The number of carboxylic acid groups (broad SMARTS) is 1. The Hall–Kier alpha value is -3.61. The first-order valence-electron chi connectivity index (χ1n) is 12.3. The number of hydrogen-bond acceptors (Lipinski definition) is 4. The van der Waals surface area contributed by atoms with Gasteiger partial charge in [0.2, 0.25) is 5.91 Å². The number of aliphatic carboxylic acids is 1. The van der Waals surface area contributed by atoms with Gasteiger partial charge in [0.25, 0.3) is 0 Å². The van der Waals surface area contributed by atoms with E-state index in [0.717, 1.165) is 17.5 Å². The Bertz CT molecular complexity index is 1070. The number of ether oxygens (including phenoxy) is 1. The zero-order valence-corrected chi connectivity index (χ0v) is 19.9. The molecule has 0 unspecified atom stereocenters. The van der Waals surface area contributed by atoms with E-state index in [1.54, 1.807) is 0 Å². The van der Waals surface area contributed by atoms with Gasteiger partial charge >= 0.3 is 12.1 Å². The molecule has 0 saturated carbocycles. The Labute approximate surface area is 205 Å². The van der Waals surface area contributed by atoms with E-state index in [-0.39, 0.29) is 42.9 Å². The minimum Gasteiger partial charge on any atom is -0.481 e. The molecule has 2 aromatic rings. The van der Waals surface area contributed by atoms with Gasteiger partial charge in [0.15, 0.2) is 0 Å². The number of benzene rings is 2. The lowest BCUT2D eigenvalue weighted by Gasteiger charge is -2.26. The molecular formula is C28H32N2O5. The molecular weight excluding hydrogens is 444 g/mol. The van der Waals surface area contributed by atoms with Crippen LogP contribution in [0.25, 0.3) is 11.1 Å². The van der Waals surface area contributed by atoms with Gasteiger partial charge in [-0.2, -0.15) is 0 Å². The van der Waals surface area contributed by atoms with Crippen LogP contribution in [-0.2, 0) is 14.3 Å². The van der Waals surface area contributed by atoms with Crippen LogP contribution in [0, 0.1) is 5.92 Å². The molecule has 0 aromatic heterocycles. The summed E-state index contributed by atoms with van der Waals surface area (Å²) in [6.07, 6.45) is 5.55. The van der Waals surface area contributed by atoms with E-state index in [0.29, 0.717) is 19.3 Å². The number of rotatable bonds is 9. The van der Waals surface area contributed by atoms with E-state index >= 15 is 0 Å². The van der Waals surface area contributed by atoms with E-state index in [1.807, 2.05) is 43.3 Å². The zero-order valence-electron chi connectivity index (χ0n) is 19.9. The van der Waals surface area contributed by atoms with Gasteiger partial charge in [0.05, 0.1) is 12.5 Å². The average Bonchev–Trinajstić information content (AvgIpc) is 3.16. The van der Waals surface area contributed by atoms with Gasteiger partial charge in [-0.25, -0.2) is 4.79 Å². The third-order valence-corrected chi connectivity index (χ3v) is 6.75. The molecule has 0 fully saturated rings. The van der Waals surface area contributed by atoms with Crippen molar-refractivity contribution in [2.24, 2.45) is 5.92 Å². The fourth-order valence-corrected chi connectivity index (χ4v) is 5.10. The number of nitrogens with one attached hydrogen (secondary N) is 2. The summed E-state index contributed by atoms with van der Waals surface area (Å²) in [6, 6.07) is 15.6. The van der Waals surface area contributed by atoms with Gasteiger partial charge in [0, 0.05) is 17.9 Å². The Balaban J connectivity index is 1.31. The fraction of sp³-hybridized carbons (Fsp3) is 0.393. The molecule has 0 aliphatic heterocycles. The first-order chi connectivity index (χ1) is 17.0. The first kappa shape index (κ1) is 24.5. The third kappa shape index (κ3) is 5.91. The number of alkyl carbamates (subject to hydrolysis) is 1. The van der Waals surface area contributed by atoms with Crippen molar-refractivity contribution in [1.82, 2.24) is 10.6 Å². The molecule has 0 spiro atoms. The van der Waals surface area contributed by atoms with Crippen LogP contribution >= 0.6 is 0 Å². The van der Waals surface area contributed by atoms with Crippen LogP contribution in [0.15, 0.2) is 60.7 Å². The standard InChI is InChI=1S/C28H32N2O5/c1-2-8-19(16-26(31)32)29-27(33)18-9-7-10-20(15-18)30-28(34)35-17-25-23-13-5-3-11-21(23)22-12-4-6-14-24(22)25/h3-7,10-14,18-20,25H,2,8-9,15-17H2,1H3,(H,29,33)(H,30,34)(H,31,32)/t18-,19-,20-/m1/s1. The Kier molecular flexibility index (Phi) is 7.85. The second kappa shape index (κ2) is 11.2. The second-order valence-corrected chi connectivity index (χ2v) is 9.26. The molecule has 3 N–H and O–H groups in total. The Morgan fingerprint density at radius 2 is 1.71 bits per heavy atom. The SMILES string of the molecule is CCC[C@H](CC(=O)O)NC(=O)[C@@H]1CC=C[C@@H](NC(=O)OCC2c3ccccc3-c3ccccc32)C1. The molecule has 7 heteroatoms. The minimum atomic E-state index is -0.929. The monoisotopic (exact) mass is 476 g/mol. The summed E-state index contributed by atoms with van der Waals surface area (Å²) < 4.78 is 5.63. The first-order valence-corrected chi connectivity index (χ1v) is 12.3. The Morgan fingerprint density at radius 1 is 1.06 bits per heavy atom. The molecule has 0 radical (unpaired) electrons. The number of amides is 2. The Morgan fingerprint density at radius 3 is 2.34 bits per heavy atom. The predicted molar refractivity (Wildman–Crippen MR) is 133 cm³/mol. The topological polar surface area (TPSA) is 105 Å². The van der Waals surface area contributed by atoms with E-state index in [2.05, 4.69) is 34.9 Å². The molecule has 3 atom stereocenters. The molecule has 2 aliphatic rings. The van der Waals surface area contributed by atoms with Crippen LogP contribution in [0.2, 0.25) is 0 Å². The van der Waals surface area contributed by atoms with Crippen molar-refractivity contribution in [2.75, 3.05) is 6.61 Å². The third-order valence-electron chi connectivity index (χ3n) is 6.75. The minimum absolute atomic E-state index is 0.0155. The van der Waals surface area contributed by atoms with E-state index < -0.39 is 12.1 Å². The highest BCUT2D eigenvalue weighted by Crippen LogP contribution is 2.44. The van der Waals surface area contributed by atoms with Gasteiger partial charge in [-0.15, -0.1) is 0 Å². The highest BCUT2D eigenvalue weighted by molar-refractivity contribution is 5.81. The normalized spacial score (nSPS) is 19.3. The van der Waals surface area contributed by atoms with Crippen molar-refractivity contribution in [3.05, 3.63) is 71.8 Å². The quantitative estimate of drug-likeness (QED) is 0.458. The maximum absolute atomic E-state index is 12.7. The lowest BCUT2D eigenvalue weighted by Crippen LogP contribution is -2.44. The smallest absolute Gasteiger partial charge is 0.407 e. The fourth-order valence-electron chi connectivity index (χ4n) is 5.10. The van der Waals surface area contributed by atoms with Crippen molar-refractivity contribution in [1.29, 1.82) is 0 Å². The zero-order chi connectivity index (χ0) is 24.8. The lowest BCUT2D eigenvalue weighted by atomic mass is 9.90. The molecule has 2 aliphatic carbocycles. The summed E-state index contributed by atoms with van der Waals surface area (Å²) in [5.41, 5.74) is 4.65. The largest absolute Gasteiger partial charge is 0.481 e. The highest BCUT2D eigenvalue weighted by Gasteiger charge is 2.30. The van der Waals surface area contributed by atoms with Gasteiger partial charge in [0.1, 0.15) is 6.61 Å². The van der Waals surface area contributed by atoms with E-state index in [1.165, 1.54) is 11.1 Å². The predicted octanol–water partition coefficient (Wildman–Crippen LogP) is 4.62. The molecule has 2 amide bonds. The summed E-state index contributed by atoms with van der Waals surface area (Å²) in [5.74, 6) is -1.44. The van der Waals surface area contributed by atoms with Crippen LogP contribution in [0.3, 0.4) is 0 Å². The van der Waals surface area contributed by atoms with Gasteiger partial charge in [-0.05, 0) is 41.5 Å². The number of hydrogen-bond donors (Lipinski definition) is 3. The van der Waals surface area contributed by atoms with Crippen molar-refractivity contribution in [3.8, 4) is 11.1 Å². The summed E-state index contributed by atoms with van der Waals surface area (Å²) in [7, 11) is 0. The van der Waals surface area contributed by atoms with Crippen molar-refractivity contribution in [2.45, 2.75) is 57.0 Å². The number of carboxylic acids is 1. The molecule has 0 bridgehead atoms. The van der Waals surface area contributed by atoms with Crippen molar-refractivity contribution >= 4 is 18.0 Å². The number of allylic oxidation sites excluding steroid dienone is 1. The molecule has 0 heterocycles. The summed E-state index contributed by atoms with van der Waals surface area (Å²) >= 11 is 0. The average molecular weight is 477 g/mol. The van der Waals surface area contributed by atoms with Crippen LogP contribution < -0.4 is 10.6 Å². The summed E-state index contributed by atoms with van der Waals surface area (Å²) in [6.45, 7) is 2.19. The molecule has 0 saturated heterocycles. The molecule has 35 heavy (non-hydrogen) atoms. The van der Waals surface area contributed by atoms with Gasteiger partial charge in [-0.3, -0.25) is 9.59 Å².